The van der Waals surface area contributed by atoms with Crippen LogP contribution in [-0.2, 0) is 0 Å². The number of likely N-dealkylation sites (tertiary alicyclic amines) is 2. The largest absolute Gasteiger partial charge is 0.396 e. The maximum atomic E-state index is 9.14. The smallest absolute Gasteiger partial charge is 0.193 e. The van der Waals surface area contributed by atoms with Crippen LogP contribution in [0.15, 0.2) is 4.99 Å². The molecule has 0 bridgehead atoms. The van der Waals surface area contributed by atoms with Gasteiger partial charge in [0, 0.05) is 39.3 Å². The van der Waals surface area contributed by atoms with Gasteiger partial charge in [-0.2, -0.15) is 0 Å². The normalized spacial score (nSPS) is 24.4. The Hall–Kier alpha value is -0.0800. The minimum absolute atomic E-state index is 0. The summed E-state index contributed by atoms with van der Waals surface area (Å²) in [6.07, 6.45) is 4.02. The van der Waals surface area contributed by atoms with Crippen LogP contribution in [0.3, 0.4) is 0 Å². The zero-order chi connectivity index (χ0) is 15.1. The number of aliphatic hydroxyl groups is 1. The summed E-state index contributed by atoms with van der Waals surface area (Å²) in [4.78, 5) is 9.70. The van der Waals surface area contributed by atoms with Crippen LogP contribution in [0.1, 0.15) is 33.1 Å². The van der Waals surface area contributed by atoms with Gasteiger partial charge in [-0.1, -0.05) is 6.92 Å². The molecule has 0 aliphatic carbocycles. The van der Waals surface area contributed by atoms with Gasteiger partial charge in [-0.15, -0.1) is 24.0 Å². The molecule has 6 heteroatoms. The van der Waals surface area contributed by atoms with Gasteiger partial charge < -0.3 is 20.2 Å². The number of nitrogens with zero attached hydrogens (tertiary/aromatic N) is 3. The van der Waals surface area contributed by atoms with E-state index in [0.29, 0.717) is 6.54 Å². The van der Waals surface area contributed by atoms with Crippen molar-refractivity contribution in [3.05, 3.63) is 0 Å². The number of nitrogens with one attached hydrogen (secondary N) is 1. The highest BCUT2D eigenvalue weighted by molar-refractivity contribution is 14.0. The van der Waals surface area contributed by atoms with Gasteiger partial charge in [0.05, 0.1) is 0 Å². The first-order chi connectivity index (χ1) is 10.2. The minimum Gasteiger partial charge on any atom is -0.396 e. The quantitative estimate of drug-likeness (QED) is 0.387. The molecule has 2 aliphatic rings. The molecule has 2 aliphatic heterocycles. The number of halogens is 1. The number of aliphatic imine (C=N–C) groups is 1. The second kappa shape index (κ2) is 10.6. The first-order valence-corrected chi connectivity index (χ1v) is 8.59. The highest BCUT2D eigenvalue weighted by Crippen LogP contribution is 2.20. The summed E-state index contributed by atoms with van der Waals surface area (Å²) < 4.78 is 0. The van der Waals surface area contributed by atoms with Crippen LogP contribution in [0.2, 0.25) is 0 Å². The molecule has 0 radical (unpaired) electrons. The highest BCUT2D eigenvalue weighted by atomic mass is 127. The topological polar surface area (TPSA) is 51.1 Å². The van der Waals surface area contributed by atoms with E-state index in [0.717, 1.165) is 31.5 Å². The number of hydrogen-bond acceptors (Lipinski definition) is 3. The molecule has 22 heavy (non-hydrogen) atoms. The Bertz CT molecular complexity index is 334. The Labute approximate surface area is 152 Å². The van der Waals surface area contributed by atoms with Crippen LogP contribution < -0.4 is 5.32 Å². The maximum absolute atomic E-state index is 9.14. The molecule has 5 nitrogen and oxygen atoms in total. The Kier molecular flexibility index (Phi) is 9.66. The molecular formula is C16H33IN4O. The fourth-order valence-electron chi connectivity index (χ4n) is 3.23. The Morgan fingerprint density at radius 3 is 2.68 bits per heavy atom. The standard InChI is InChI=1S/C16H32N4O.HI/c1-3-17-16(18-10-14(2)13-21)20-9-6-15(12-20)11-19-7-4-5-8-19;/h14-15,21H,3-13H2,1-2H3,(H,17,18);1H. The Morgan fingerprint density at radius 1 is 1.32 bits per heavy atom. The molecular weight excluding hydrogens is 391 g/mol. The van der Waals surface area contributed by atoms with Crippen molar-refractivity contribution < 1.29 is 5.11 Å². The van der Waals surface area contributed by atoms with Crippen molar-refractivity contribution in [2.75, 3.05) is 52.4 Å². The van der Waals surface area contributed by atoms with Crippen LogP contribution in [-0.4, -0.2) is 73.3 Å². The van der Waals surface area contributed by atoms with Crippen molar-refractivity contribution in [3.8, 4) is 0 Å². The van der Waals surface area contributed by atoms with Gasteiger partial charge in [0.1, 0.15) is 0 Å². The van der Waals surface area contributed by atoms with Crippen molar-refractivity contribution in [2.24, 2.45) is 16.8 Å². The fraction of sp³-hybridized carbons (Fsp3) is 0.938. The molecule has 0 aromatic rings. The summed E-state index contributed by atoms with van der Waals surface area (Å²) >= 11 is 0. The van der Waals surface area contributed by atoms with Crippen LogP contribution in [0.4, 0.5) is 0 Å². The van der Waals surface area contributed by atoms with E-state index in [4.69, 9.17) is 10.1 Å². The molecule has 0 saturated carbocycles. The van der Waals surface area contributed by atoms with Gasteiger partial charge in [0.15, 0.2) is 5.96 Å². The van der Waals surface area contributed by atoms with E-state index in [1.165, 1.54) is 38.9 Å². The Balaban J connectivity index is 0.00000242. The molecule has 0 aromatic heterocycles. The second-order valence-corrected chi connectivity index (χ2v) is 6.59. The van der Waals surface area contributed by atoms with Gasteiger partial charge >= 0.3 is 0 Å². The van der Waals surface area contributed by atoms with E-state index in [1.807, 2.05) is 6.92 Å². The number of aliphatic hydroxyl groups excluding tert-OH is 1. The van der Waals surface area contributed by atoms with Gasteiger partial charge in [0.2, 0.25) is 0 Å². The molecule has 2 unspecified atom stereocenters. The van der Waals surface area contributed by atoms with E-state index in [2.05, 4.69) is 22.0 Å². The summed E-state index contributed by atoms with van der Waals surface area (Å²) in [6, 6.07) is 0. The Morgan fingerprint density at radius 2 is 2.05 bits per heavy atom. The van der Waals surface area contributed by atoms with E-state index in [1.54, 1.807) is 0 Å². The summed E-state index contributed by atoms with van der Waals surface area (Å²) in [5, 5.41) is 12.5. The third-order valence-corrected chi connectivity index (χ3v) is 4.50. The first-order valence-electron chi connectivity index (χ1n) is 8.59. The molecule has 2 fully saturated rings. The van der Waals surface area contributed by atoms with E-state index >= 15 is 0 Å². The molecule has 2 saturated heterocycles. The SMILES string of the molecule is CCNC(=NCC(C)CO)N1CCC(CN2CCCC2)C1.I. The van der Waals surface area contributed by atoms with Crippen molar-refractivity contribution in [3.63, 3.8) is 0 Å². The lowest BCUT2D eigenvalue weighted by Crippen LogP contribution is -2.41. The molecule has 0 aromatic carbocycles. The first kappa shape index (κ1) is 20.0. The summed E-state index contributed by atoms with van der Waals surface area (Å²) in [7, 11) is 0. The van der Waals surface area contributed by atoms with Crippen LogP contribution in [0.5, 0.6) is 0 Å². The van der Waals surface area contributed by atoms with E-state index < -0.39 is 0 Å². The fourth-order valence-corrected chi connectivity index (χ4v) is 3.23. The predicted octanol–water partition coefficient (Wildman–Crippen LogP) is 1.62. The predicted molar refractivity (Wildman–Crippen MR) is 103 cm³/mol. The summed E-state index contributed by atoms with van der Waals surface area (Å²) in [5.41, 5.74) is 0. The van der Waals surface area contributed by atoms with Crippen LogP contribution in [0, 0.1) is 11.8 Å². The molecule has 2 rings (SSSR count). The molecule has 2 N–H and O–H groups in total. The monoisotopic (exact) mass is 424 g/mol. The summed E-state index contributed by atoms with van der Waals surface area (Å²) in [6.45, 7) is 12.0. The minimum atomic E-state index is 0. The zero-order valence-electron chi connectivity index (χ0n) is 14.1. The number of guanidine groups is 1. The molecule has 2 heterocycles. The second-order valence-electron chi connectivity index (χ2n) is 6.59. The van der Waals surface area contributed by atoms with Crippen LogP contribution in [0.25, 0.3) is 0 Å². The number of hydrogen-bond donors (Lipinski definition) is 2. The average molecular weight is 424 g/mol. The average Bonchev–Trinajstić information content (AvgIpc) is 3.15. The van der Waals surface area contributed by atoms with Crippen LogP contribution >= 0.6 is 24.0 Å². The van der Waals surface area contributed by atoms with Gasteiger partial charge in [0.25, 0.3) is 0 Å². The summed E-state index contributed by atoms with van der Waals surface area (Å²) in [5.74, 6) is 2.05. The zero-order valence-corrected chi connectivity index (χ0v) is 16.5. The molecule has 0 amide bonds. The van der Waals surface area contributed by atoms with Crippen molar-refractivity contribution in [1.82, 2.24) is 15.1 Å². The third kappa shape index (κ3) is 6.20. The lowest BCUT2D eigenvalue weighted by Gasteiger charge is -2.23. The lowest BCUT2D eigenvalue weighted by molar-refractivity contribution is 0.241. The van der Waals surface area contributed by atoms with Gasteiger partial charge in [-0.3, -0.25) is 4.99 Å². The van der Waals surface area contributed by atoms with Crippen molar-refractivity contribution in [1.29, 1.82) is 0 Å². The van der Waals surface area contributed by atoms with Gasteiger partial charge in [-0.05, 0) is 51.1 Å². The third-order valence-electron chi connectivity index (χ3n) is 4.50. The molecule has 0 spiro atoms. The number of rotatable bonds is 6. The van der Waals surface area contributed by atoms with E-state index in [-0.39, 0.29) is 36.5 Å². The van der Waals surface area contributed by atoms with Crippen molar-refractivity contribution in [2.45, 2.75) is 33.1 Å². The lowest BCUT2D eigenvalue weighted by atomic mass is 10.1. The maximum Gasteiger partial charge on any atom is 0.193 e. The van der Waals surface area contributed by atoms with Crippen molar-refractivity contribution >= 4 is 29.9 Å². The molecule has 130 valence electrons. The van der Waals surface area contributed by atoms with Gasteiger partial charge in [-0.25, -0.2) is 0 Å². The van der Waals surface area contributed by atoms with E-state index in [9.17, 15) is 0 Å². The highest BCUT2D eigenvalue weighted by Gasteiger charge is 2.27. The molecule has 2 atom stereocenters.